The average molecular weight is 337 g/mol. The molecule has 0 N–H and O–H groups in total. The fraction of sp³-hybridized carbons (Fsp3) is 0.400. The van der Waals surface area contributed by atoms with E-state index in [2.05, 4.69) is 0 Å². The molecule has 1 fully saturated rings. The maximum atomic E-state index is 12.7. The molecule has 2 nitrogen and oxygen atoms in total. The average Bonchev–Trinajstić information content (AvgIpc) is 2.96. The molecule has 1 aliphatic heterocycles. The summed E-state index contributed by atoms with van der Waals surface area (Å²) in [5.41, 5.74) is -3.12. The molecule has 0 bridgehead atoms. The van der Waals surface area contributed by atoms with Crippen LogP contribution < -0.4 is 0 Å². The number of amides is 1. The molecule has 0 aliphatic carbocycles. The van der Waals surface area contributed by atoms with E-state index in [1.165, 1.54) is 4.90 Å². The van der Waals surface area contributed by atoms with Crippen molar-refractivity contribution in [3.8, 4) is 0 Å². The van der Waals surface area contributed by atoms with E-state index in [1.807, 2.05) is 0 Å². The minimum absolute atomic E-state index is 0.0552. The van der Waals surface area contributed by atoms with Crippen LogP contribution in [0.3, 0.4) is 0 Å². The van der Waals surface area contributed by atoms with Crippen molar-refractivity contribution in [1.29, 1.82) is 0 Å². The highest BCUT2D eigenvalue weighted by Crippen LogP contribution is 2.36. The van der Waals surface area contributed by atoms with Gasteiger partial charge in [-0.05, 0) is 42.7 Å². The highest BCUT2D eigenvalue weighted by molar-refractivity contribution is 5.92. The first kappa shape index (κ1) is 17.4. The van der Waals surface area contributed by atoms with Crippen molar-refractivity contribution in [3.05, 3.63) is 41.0 Å². The van der Waals surface area contributed by atoms with E-state index in [0.29, 0.717) is 25.2 Å². The number of alkyl halides is 6. The Balaban J connectivity index is 2.31. The van der Waals surface area contributed by atoms with E-state index in [0.717, 1.165) is 25.0 Å². The number of hydrogen-bond acceptors (Lipinski definition) is 1. The van der Waals surface area contributed by atoms with Gasteiger partial charge in [-0.2, -0.15) is 26.3 Å². The van der Waals surface area contributed by atoms with Crippen molar-refractivity contribution in [2.45, 2.75) is 25.2 Å². The van der Waals surface area contributed by atoms with E-state index in [4.69, 9.17) is 0 Å². The second-order valence-electron chi connectivity index (χ2n) is 5.20. The van der Waals surface area contributed by atoms with Crippen LogP contribution in [0.5, 0.6) is 0 Å². The SMILES string of the molecule is O=C(C=Cc1cc(C(F)(F)F)cc(C(F)(F)F)c1)N1CCCC1. The molecule has 8 heteroatoms. The van der Waals surface area contributed by atoms with Crippen molar-refractivity contribution in [1.82, 2.24) is 4.90 Å². The van der Waals surface area contributed by atoms with E-state index in [9.17, 15) is 31.1 Å². The summed E-state index contributed by atoms with van der Waals surface area (Å²) in [4.78, 5) is 13.3. The number of halogens is 6. The third-order valence-corrected chi connectivity index (χ3v) is 3.45. The Hall–Kier alpha value is -1.99. The lowest BCUT2D eigenvalue weighted by atomic mass is 10.0. The third kappa shape index (κ3) is 4.49. The van der Waals surface area contributed by atoms with Crippen LogP contribution in [0.1, 0.15) is 29.5 Å². The number of carbonyl (C=O) groups excluding carboxylic acids is 1. The molecule has 1 aliphatic rings. The quantitative estimate of drug-likeness (QED) is 0.580. The van der Waals surface area contributed by atoms with Crippen molar-refractivity contribution < 1.29 is 31.1 Å². The maximum absolute atomic E-state index is 12.7. The molecule has 1 aromatic carbocycles. The first-order chi connectivity index (χ1) is 10.6. The van der Waals surface area contributed by atoms with Gasteiger partial charge in [0, 0.05) is 19.2 Å². The van der Waals surface area contributed by atoms with Crippen molar-refractivity contribution in [3.63, 3.8) is 0 Å². The molecular formula is C15H13F6NO. The fourth-order valence-electron chi connectivity index (χ4n) is 2.29. The van der Waals surface area contributed by atoms with Crippen LogP contribution in [-0.4, -0.2) is 23.9 Å². The Bertz CT molecular complexity index is 579. The maximum Gasteiger partial charge on any atom is 0.416 e. The lowest BCUT2D eigenvalue weighted by molar-refractivity contribution is -0.143. The number of carbonyl (C=O) groups is 1. The van der Waals surface area contributed by atoms with Crippen LogP contribution in [0.15, 0.2) is 24.3 Å². The van der Waals surface area contributed by atoms with Gasteiger partial charge in [-0.1, -0.05) is 0 Å². The molecule has 2 rings (SSSR count). The van der Waals surface area contributed by atoms with Crippen LogP contribution in [0.4, 0.5) is 26.3 Å². The molecule has 1 saturated heterocycles. The topological polar surface area (TPSA) is 20.3 Å². The molecular weight excluding hydrogens is 324 g/mol. The summed E-state index contributed by atoms with van der Waals surface area (Å²) in [5, 5.41) is 0. The zero-order valence-electron chi connectivity index (χ0n) is 11.8. The minimum atomic E-state index is -4.90. The molecule has 1 heterocycles. The molecule has 0 spiro atoms. The van der Waals surface area contributed by atoms with Gasteiger partial charge in [-0.25, -0.2) is 0 Å². The van der Waals surface area contributed by atoms with Crippen LogP contribution in [0.2, 0.25) is 0 Å². The highest BCUT2D eigenvalue weighted by Gasteiger charge is 2.36. The summed E-state index contributed by atoms with van der Waals surface area (Å²) in [5.74, 6) is -0.423. The summed E-state index contributed by atoms with van der Waals surface area (Å²) in [6.07, 6.45) is -6.15. The number of hydrogen-bond donors (Lipinski definition) is 0. The van der Waals surface area contributed by atoms with E-state index < -0.39 is 29.4 Å². The summed E-state index contributed by atoms with van der Waals surface area (Å²) >= 11 is 0. The predicted octanol–water partition coefficient (Wildman–Crippen LogP) is 4.36. The van der Waals surface area contributed by atoms with E-state index >= 15 is 0 Å². The zero-order valence-corrected chi connectivity index (χ0v) is 11.8. The highest BCUT2D eigenvalue weighted by atomic mass is 19.4. The van der Waals surface area contributed by atoms with Gasteiger partial charge in [0.1, 0.15) is 0 Å². The molecule has 23 heavy (non-hydrogen) atoms. The van der Waals surface area contributed by atoms with Gasteiger partial charge in [0.15, 0.2) is 0 Å². The molecule has 0 radical (unpaired) electrons. The zero-order chi connectivity index (χ0) is 17.3. The minimum Gasteiger partial charge on any atom is -0.339 e. The second-order valence-corrected chi connectivity index (χ2v) is 5.20. The Kier molecular flexibility index (Phi) is 4.72. The van der Waals surface area contributed by atoms with Crippen molar-refractivity contribution in [2.75, 3.05) is 13.1 Å². The third-order valence-electron chi connectivity index (χ3n) is 3.45. The molecule has 0 saturated carbocycles. The van der Waals surface area contributed by atoms with Crippen LogP contribution in [0.25, 0.3) is 6.08 Å². The molecule has 0 unspecified atom stereocenters. The van der Waals surface area contributed by atoms with Gasteiger partial charge in [-0.3, -0.25) is 4.79 Å². The Morgan fingerprint density at radius 1 is 0.913 bits per heavy atom. The van der Waals surface area contributed by atoms with Crippen LogP contribution in [-0.2, 0) is 17.1 Å². The van der Waals surface area contributed by atoms with Gasteiger partial charge in [0.25, 0.3) is 0 Å². The standard InChI is InChI=1S/C15H13F6NO/c16-14(17,18)11-7-10(8-12(9-11)15(19,20)21)3-4-13(23)22-5-1-2-6-22/h3-4,7-9H,1-2,5-6H2. The summed E-state index contributed by atoms with van der Waals surface area (Å²) in [7, 11) is 0. The van der Waals surface area contributed by atoms with E-state index in [-0.39, 0.29) is 11.6 Å². The molecule has 1 aromatic rings. The van der Waals surface area contributed by atoms with Gasteiger partial charge in [0.2, 0.25) is 5.91 Å². The van der Waals surface area contributed by atoms with Crippen molar-refractivity contribution >= 4 is 12.0 Å². The summed E-state index contributed by atoms with van der Waals surface area (Å²) < 4.78 is 76.3. The normalized spacial score (nSPS) is 16.3. The van der Waals surface area contributed by atoms with Gasteiger partial charge in [-0.15, -0.1) is 0 Å². The van der Waals surface area contributed by atoms with Gasteiger partial charge >= 0.3 is 12.4 Å². The van der Waals surface area contributed by atoms with Gasteiger partial charge in [0.05, 0.1) is 11.1 Å². The predicted molar refractivity (Wildman–Crippen MR) is 71.3 cm³/mol. The lowest BCUT2D eigenvalue weighted by Crippen LogP contribution is -2.25. The van der Waals surface area contributed by atoms with Gasteiger partial charge < -0.3 is 4.90 Å². The molecule has 126 valence electrons. The summed E-state index contributed by atoms with van der Waals surface area (Å²) in [6.45, 7) is 1.08. The van der Waals surface area contributed by atoms with Crippen molar-refractivity contribution in [2.24, 2.45) is 0 Å². The summed E-state index contributed by atoms with van der Waals surface area (Å²) in [6, 6.07) is 1.23. The van der Waals surface area contributed by atoms with Crippen LogP contribution >= 0.6 is 0 Å². The number of nitrogens with zero attached hydrogens (tertiary/aromatic N) is 1. The number of rotatable bonds is 2. The first-order valence-electron chi connectivity index (χ1n) is 6.84. The molecule has 1 amide bonds. The number of likely N-dealkylation sites (tertiary alicyclic amines) is 1. The molecule has 0 atom stereocenters. The van der Waals surface area contributed by atoms with E-state index in [1.54, 1.807) is 0 Å². The smallest absolute Gasteiger partial charge is 0.339 e. The Morgan fingerprint density at radius 2 is 1.39 bits per heavy atom. The monoisotopic (exact) mass is 337 g/mol. The van der Waals surface area contributed by atoms with Crippen LogP contribution in [0, 0.1) is 0 Å². The molecule has 0 aromatic heterocycles. The lowest BCUT2D eigenvalue weighted by Gasteiger charge is -2.14. The largest absolute Gasteiger partial charge is 0.416 e. The second kappa shape index (κ2) is 6.25. The first-order valence-corrected chi connectivity index (χ1v) is 6.84. The fourth-order valence-corrected chi connectivity index (χ4v) is 2.29. The number of benzene rings is 1. The Labute approximate surface area is 128 Å². The Morgan fingerprint density at radius 3 is 1.83 bits per heavy atom.